The van der Waals surface area contributed by atoms with Crippen LogP contribution in [-0.2, 0) is 6.42 Å². The molecule has 0 bridgehead atoms. The van der Waals surface area contributed by atoms with Gasteiger partial charge in [0.05, 0.1) is 28.8 Å². The van der Waals surface area contributed by atoms with Crippen molar-refractivity contribution in [3.63, 3.8) is 0 Å². The molecule has 3 aromatic rings. The highest BCUT2D eigenvalue weighted by Crippen LogP contribution is 2.33. The first-order valence-electron chi connectivity index (χ1n) is 8.27. The molecule has 0 radical (unpaired) electrons. The fraction of sp³-hybridized carbons (Fsp3) is 0.200. The van der Waals surface area contributed by atoms with E-state index in [0.717, 1.165) is 29.1 Å². The summed E-state index contributed by atoms with van der Waals surface area (Å²) in [6.07, 6.45) is 2.54. The molecule has 0 atom stereocenters. The topological polar surface area (TPSA) is 38.1 Å². The zero-order chi connectivity index (χ0) is 17.6. The van der Waals surface area contributed by atoms with E-state index in [0.29, 0.717) is 17.1 Å². The Kier molecular flexibility index (Phi) is 3.85. The second kappa shape index (κ2) is 6.05. The largest absolute Gasteiger partial charge is 0.307 e. The molecule has 1 aromatic heterocycles. The molecule has 4 nitrogen and oxygen atoms in total. The number of nitrogens with zero attached hydrogens (tertiary/aromatic N) is 3. The van der Waals surface area contributed by atoms with Gasteiger partial charge in [-0.05, 0) is 49.6 Å². The Morgan fingerprint density at radius 3 is 2.76 bits per heavy atom. The lowest BCUT2D eigenvalue weighted by Gasteiger charge is -2.19. The normalized spacial score (nSPS) is 13.2. The number of amides is 1. The monoisotopic (exact) mass is 351 g/mol. The predicted octanol–water partition coefficient (Wildman–Crippen LogP) is 4.35. The molecule has 2 heterocycles. The van der Waals surface area contributed by atoms with Crippen LogP contribution in [0.15, 0.2) is 48.7 Å². The van der Waals surface area contributed by atoms with E-state index in [9.17, 15) is 4.79 Å². The Hall–Kier alpha value is -2.59. The van der Waals surface area contributed by atoms with Crippen LogP contribution >= 0.6 is 11.6 Å². The third-order valence-electron chi connectivity index (χ3n) is 4.73. The van der Waals surface area contributed by atoms with Gasteiger partial charge in [-0.1, -0.05) is 35.9 Å². The van der Waals surface area contributed by atoms with Crippen molar-refractivity contribution in [1.29, 1.82) is 0 Å². The molecular weight excluding hydrogens is 334 g/mol. The van der Waals surface area contributed by atoms with E-state index in [-0.39, 0.29) is 5.91 Å². The Morgan fingerprint density at radius 2 is 1.96 bits per heavy atom. The fourth-order valence-electron chi connectivity index (χ4n) is 3.49. The number of fused-ring (bicyclic) bond motifs is 1. The van der Waals surface area contributed by atoms with Crippen molar-refractivity contribution in [3.8, 4) is 5.69 Å². The zero-order valence-corrected chi connectivity index (χ0v) is 14.9. The summed E-state index contributed by atoms with van der Waals surface area (Å²) in [4.78, 5) is 15.0. The quantitative estimate of drug-likeness (QED) is 0.688. The number of benzene rings is 2. The predicted molar refractivity (Wildman–Crippen MR) is 99.9 cm³/mol. The van der Waals surface area contributed by atoms with Gasteiger partial charge >= 0.3 is 0 Å². The van der Waals surface area contributed by atoms with Crippen LogP contribution in [0.1, 0.15) is 27.2 Å². The van der Waals surface area contributed by atoms with Crippen molar-refractivity contribution in [3.05, 3.63) is 76.1 Å². The second-order valence-corrected chi connectivity index (χ2v) is 6.76. The van der Waals surface area contributed by atoms with Crippen molar-refractivity contribution in [2.45, 2.75) is 20.3 Å². The van der Waals surface area contributed by atoms with Gasteiger partial charge in [-0.15, -0.1) is 0 Å². The van der Waals surface area contributed by atoms with Gasteiger partial charge in [-0.25, -0.2) is 4.68 Å². The summed E-state index contributed by atoms with van der Waals surface area (Å²) < 4.78 is 1.76. The highest BCUT2D eigenvalue weighted by atomic mass is 35.5. The highest BCUT2D eigenvalue weighted by molar-refractivity contribution is 6.30. The first-order valence-corrected chi connectivity index (χ1v) is 8.65. The number of hydrogen-bond acceptors (Lipinski definition) is 2. The molecule has 1 amide bonds. The van der Waals surface area contributed by atoms with Crippen LogP contribution in [0.2, 0.25) is 5.02 Å². The standard InChI is InChI=1S/C20H18ClN3O/c1-13-5-3-6-15-9-10-23(19(13)15)20(25)18-12-22-24(14(18)2)17-8-4-7-16(21)11-17/h3-8,11-12H,9-10H2,1-2H3. The molecule has 1 aliphatic rings. The molecule has 0 aliphatic carbocycles. The van der Waals surface area contributed by atoms with E-state index in [1.165, 1.54) is 5.56 Å². The molecule has 0 saturated heterocycles. The Bertz CT molecular complexity index is 977. The van der Waals surface area contributed by atoms with Crippen molar-refractivity contribution in [2.75, 3.05) is 11.4 Å². The second-order valence-electron chi connectivity index (χ2n) is 6.32. The number of para-hydroxylation sites is 1. The molecule has 0 saturated carbocycles. The molecular formula is C20H18ClN3O. The lowest BCUT2D eigenvalue weighted by Crippen LogP contribution is -2.29. The van der Waals surface area contributed by atoms with Crippen LogP contribution in [0.3, 0.4) is 0 Å². The van der Waals surface area contributed by atoms with E-state index < -0.39 is 0 Å². The van der Waals surface area contributed by atoms with Crippen LogP contribution in [0.5, 0.6) is 0 Å². The van der Waals surface area contributed by atoms with Gasteiger partial charge in [0.1, 0.15) is 0 Å². The van der Waals surface area contributed by atoms with E-state index >= 15 is 0 Å². The third kappa shape index (κ3) is 2.63. The van der Waals surface area contributed by atoms with Crippen molar-refractivity contribution >= 4 is 23.2 Å². The molecule has 5 heteroatoms. The maximum Gasteiger partial charge on any atom is 0.261 e. The fourth-order valence-corrected chi connectivity index (χ4v) is 3.67. The van der Waals surface area contributed by atoms with Crippen LogP contribution < -0.4 is 4.90 Å². The van der Waals surface area contributed by atoms with Crippen LogP contribution in [0.25, 0.3) is 5.69 Å². The number of hydrogen-bond donors (Lipinski definition) is 0. The number of aryl methyl sites for hydroxylation is 1. The van der Waals surface area contributed by atoms with Crippen molar-refractivity contribution in [1.82, 2.24) is 9.78 Å². The molecule has 25 heavy (non-hydrogen) atoms. The molecule has 0 N–H and O–H groups in total. The average molecular weight is 352 g/mol. The number of rotatable bonds is 2. The molecule has 126 valence electrons. The number of carbonyl (C=O) groups is 1. The van der Waals surface area contributed by atoms with Gasteiger partial charge in [-0.3, -0.25) is 4.79 Å². The minimum atomic E-state index is -0.00109. The molecule has 4 rings (SSSR count). The summed E-state index contributed by atoms with van der Waals surface area (Å²) in [7, 11) is 0. The summed E-state index contributed by atoms with van der Waals surface area (Å²) in [6.45, 7) is 4.67. The number of halogens is 1. The lowest BCUT2D eigenvalue weighted by molar-refractivity contribution is 0.0988. The molecule has 0 unspecified atom stereocenters. The van der Waals surface area contributed by atoms with E-state index in [2.05, 4.69) is 11.2 Å². The summed E-state index contributed by atoms with van der Waals surface area (Å²) >= 11 is 6.08. The van der Waals surface area contributed by atoms with Gasteiger partial charge in [0, 0.05) is 11.6 Å². The minimum absolute atomic E-state index is 0.00109. The van der Waals surface area contributed by atoms with Crippen LogP contribution in [0.4, 0.5) is 5.69 Å². The Balaban J connectivity index is 1.72. The molecule has 1 aliphatic heterocycles. The Labute approximate surface area is 151 Å². The first kappa shape index (κ1) is 15.9. The lowest BCUT2D eigenvalue weighted by atomic mass is 10.1. The summed E-state index contributed by atoms with van der Waals surface area (Å²) in [6, 6.07) is 13.6. The summed E-state index contributed by atoms with van der Waals surface area (Å²) in [5.41, 5.74) is 5.69. The van der Waals surface area contributed by atoms with E-state index in [1.807, 2.05) is 55.1 Å². The van der Waals surface area contributed by atoms with E-state index in [1.54, 1.807) is 10.9 Å². The van der Waals surface area contributed by atoms with Crippen LogP contribution in [-0.4, -0.2) is 22.2 Å². The zero-order valence-electron chi connectivity index (χ0n) is 14.2. The van der Waals surface area contributed by atoms with Crippen molar-refractivity contribution in [2.24, 2.45) is 0 Å². The average Bonchev–Trinajstić information content (AvgIpc) is 3.19. The minimum Gasteiger partial charge on any atom is -0.307 e. The molecule has 0 spiro atoms. The number of aromatic nitrogens is 2. The number of anilines is 1. The smallest absolute Gasteiger partial charge is 0.261 e. The van der Waals surface area contributed by atoms with Gasteiger partial charge in [0.15, 0.2) is 0 Å². The van der Waals surface area contributed by atoms with Gasteiger partial charge in [-0.2, -0.15) is 5.10 Å². The van der Waals surface area contributed by atoms with Crippen LogP contribution in [0, 0.1) is 13.8 Å². The van der Waals surface area contributed by atoms with Gasteiger partial charge < -0.3 is 4.90 Å². The first-order chi connectivity index (χ1) is 12.1. The summed E-state index contributed by atoms with van der Waals surface area (Å²) in [5.74, 6) is -0.00109. The Morgan fingerprint density at radius 1 is 1.16 bits per heavy atom. The molecule has 2 aromatic carbocycles. The number of carbonyl (C=O) groups excluding carboxylic acids is 1. The van der Waals surface area contributed by atoms with Gasteiger partial charge in [0.2, 0.25) is 0 Å². The van der Waals surface area contributed by atoms with E-state index in [4.69, 9.17) is 11.6 Å². The summed E-state index contributed by atoms with van der Waals surface area (Å²) in [5, 5.41) is 5.05. The van der Waals surface area contributed by atoms with Gasteiger partial charge in [0.25, 0.3) is 5.91 Å². The maximum atomic E-state index is 13.1. The maximum absolute atomic E-state index is 13.1. The van der Waals surface area contributed by atoms with Crippen molar-refractivity contribution < 1.29 is 4.79 Å². The SMILES string of the molecule is Cc1cccc2c1N(C(=O)c1cnn(-c3cccc(Cl)c3)c1C)CC2. The highest BCUT2D eigenvalue weighted by Gasteiger charge is 2.29. The third-order valence-corrected chi connectivity index (χ3v) is 4.97. The molecule has 0 fully saturated rings.